The summed E-state index contributed by atoms with van der Waals surface area (Å²) in [6.07, 6.45) is 3.81. The second kappa shape index (κ2) is 10.0. The number of hydrogen-bond acceptors (Lipinski definition) is 4. The number of pyridine rings is 1. The molecule has 1 N–H and O–H groups in total. The number of carbonyl (C=O) groups is 2. The molecule has 0 bridgehead atoms. The largest absolute Gasteiger partial charge is 0.353 e. The van der Waals surface area contributed by atoms with Gasteiger partial charge in [0.15, 0.2) is 0 Å². The lowest BCUT2D eigenvalue weighted by atomic mass is 9.89. The summed E-state index contributed by atoms with van der Waals surface area (Å²) in [6.45, 7) is 8.37. The Kier molecular flexibility index (Phi) is 6.93. The maximum Gasteiger partial charge on any atom is 0.317 e. The van der Waals surface area contributed by atoms with E-state index in [1.165, 1.54) is 0 Å². The van der Waals surface area contributed by atoms with Gasteiger partial charge in [-0.05, 0) is 56.5 Å². The van der Waals surface area contributed by atoms with Crippen LogP contribution in [0.1, 0.15) is 48.5 Å². The van der Waals surface area contributed by atoms with Crippen LogP contribution in [-0.2, 0) is 0 Å². The molecule has 2 aliphatic heterocycles. The third-order valence-corrected chi connectivity index (χ3v) is 6.27. The lowest BCUT2D eigenvalue weighted by molar-refractivity contribution is 0.0746. The van der Waals surface area contributed by atoms with Crippen molar-refractivity contribution < 1.29 is 9.59 Å². The van der Waals surface area contributed by atoms with Gasteiger partial charge in [0.2, 0.25) is 0 Å². The van der Waals surface area contributed by atoms with E-state index in [-0.39, 0.29) is 23.9 Å². The van der Waals surface area contributed by atoms with E-state index in [2.05, 4.69) is 21.3 Å². The van der Waals surface area contributed by atoms with E-state index >= 15 is 0 Å². The summed E-state index contributed by atoms with van der Waals surface area (Å²) in [5.41, 5.74) is 1.88. The molecule has 0 unspecified atom stereocenters. The SMILES string of the molecule is CC(C)NC(=O)N1CCC[C@@H](c2cccc(C(=O)N3CCN(c4ccccn4)CC3)c2)C1. The highest BCUT2D eigenvalue weighted by molar-refractivity contribution is 5.94. The number of benzene rings is 1. The zero-order valence-corrected chi connectivity index (χ0v) is 19.0. The number of nitrogens with one attached hydrogen (secondary N) is 1. The average Bonchev–Trinajstić information content (AvgIpc) is 2.84. The number of urea groups is 1. The molecule has 7 heteroatoms. The smallest absolute Gasteiger partial charge is 0.317 e. The summed E-state index contributed by atoms with van der Waals surface area (Å²) < 4.78 is 0. The Labute approximate surface area is 190 Å². The second-order valence-electron chi connectivity index (χ2n) is 8.98. The summed E-state index contributed by atoms with van der Waals surface area (Å²) in [5.74, 6) is 1.30. The standard InChI is InChI=1S/C25H33N5O2/c1-19(2)27-25(32)30-12-6-9-22(18-30)20-7-5-8-21(17-20)24(31)29-15-13-28(14-16-29)23-10-3-4-11-26-23/h3-5,7-8,10-11,17,19,22H,6,9,12-16,18H2,1-2H3,(H,27,32)/t22-/m1/s1. The molecule has 1 atom stereocenters. The first-order valence-corrected chi connectivity index (χ1v) is 11.6. The van der Waals surface area contributed by atoms with Crippen LogP contribution >= 0.6 is 0 Å². The zero-order chi connectivity index (χ0) is 22.5. The summed E-state index contributed by atoms with van der Waals surface area (Å²) >= 11 is 0. The number of anilines is 1. The average molecular weight is 436 g/mol. The van der Waals surface area contributed by atoms with Gasteiger partial charge in [0.1, 0.15) is 5.82 Å². The fourth-order valence-corrected chi connectivity index (χ4v) is 4.56. The highest BCUT2D eigenvalue weighted by atomic mass is 16.2. The van der Waals surface area contributed by atoms with Crippen molar-refractivity contribution in [3.05, 3.63) is 59.8 Å². The van der Waals surface area contributed by atoms with Crippen LogP contribution in [0.3, 0.4) is 0 Å². The molecule has 0 aliphatic carbocycles. The molecule has 32 heavy (non-hydrogen) atoms. The van der Waals surface area contributed by atoms with Crippen LogP contribution in [0.4, 0.5) is 10.6 Å². The van der Waals surface area contributed by atoms with Gasteiger partial charge in [0, 0.05) is 63.0 Å². The molecule has 2 aliphatic rings. The van der Waals surface area contributed by atoms with Crippen LogP contribution in [0.2, 0.25) is 0 Å². The molecular formula is C25H33N5O2. The van der Waals surface area contributed by atoms with Gasteiger partial charge in [-0.3, -0.25) is 4.79 Å². The number of nitrogens with zero attached hydrogens (tertiary/aromatic N) is 4. The Morgan fingerprint density at radius 1 is 1.00 bits per heavy atom. The number of likely N-dealkylation sites (tertiary alicyclic amines) is 1. The molecule has 2 aromatic rings. The van der Waals surface area contributed by atoms with Gasteiger partial charge in [-0.1, -0.05) is 18.2 Å². The Hall–Kier alpha value is -3.09. The summed E-state index contributed by atoms with van der Waals surface area (Å²) in [7, 11) is 0. The first-order valence-electron chi connectivity index (χ1n) is 11.6. The Morgan fingerprint density at radius 3 is 2.53 bits per heavy atom. The quantitative estimate of drug-likeness (QED) is 0.800. The normalized spacial score (nSPS) is 19.2. The molecule has 0 spiro atoms. The van der Waals surface area contributed by atoms with Crippen molar-refractivity contribution in [3.8, 4) is 0 Å². The highest BCUT2D eigenvalue weighted by Crippen LogP contribution is 2.28. The van der Waals surface area contributed by atoms with E-state index in [1.54, 1.807) is 6.20 Å². The zero-order valence-electron chi connectivity index (χ0n) is 19.0. The van der Waals surface area contributed by atoms with E-state index in [4.69, 9.17) is 0 Å². The number of hydrogen-bond donors (Lipinski definition) is 1. The third-order valence-electron chi connectivity index (χ3n) is 6.27. The van der Waals surface area contributed by atoms with Gasteiger partial charge in [-0.25, -0.2) is 9.78 Å². The third kappa shape index (κ3) is 5.21. The van der Waals surface area contributed by atoms with Gasteiger partial charge in [-0.2, -0.15) is 0 Å². The first-order chi connectivity index (χ1) is 15.5. The maximum atomic E-state index is 13.2. The number of amides is 3. The summed E-state index contributed by atoms with van der Waals surface area (Å²) in [4.78, 5) is 36.1. The lowest BCUT2D eigenvalue weighted by Crippen LogP contribution is -2.49. The number of aromatic nitrogens is 1. The number of piperazine rings is 1. The molecule has 7 nitrogen and oxygen atoms in total. The highest BCUT2D eigenvalue weighted by Gasteiger charge is 2.27. The molecule has 2 saturated heterocycles. The van der Waals surface area contributed by atoms with Crippen LogP contribution < -0.4 is 10.2 Å². The molecule has 3 amide bonds. The predicted octanol–water partition coefficient (Wildman–Crippen LogP) is 3.34. The van der Waals surface area contributed by atoms with Crippen molar-refractivity contribution in [2.75, 3.05) is 44.2 Å². The first kappa shape index (κ1) is 22.1. The van der Waals surface area contributed by atoms with Gasteiger partial charge in [0.25, 0.3) is 5.91 Å². The monoisotopic (exact) mass is 435 g/mol. The van der Waals surface area contributed by atoms with Crippen molar-refractivity contribution >= 4 is 17.8 Å². The summed E-state index contributed by atoms with van der Waals surface area (Å²) in [6, 6.07) is 14.0. The van der Waals surface area contributed by atoms with Gasteiger partial charge < -0.3 is 20.0 Å². The van der Waals surface area contributed by atoms with Crippen LogP contribution in [0, 0.1) is 0 Å². The predicted molar refractivity (Wildman–Crippen MR) is 126 cm³/mol. The van der Waals surface area contributed by atoms with E-state index in [0.717, 1.165) is 49.4 Å². The minimum atomic E-state index is 0.00251. The Bertz CT molecular complexity index is 925. The topological polar surface area (TPSA) is 68.8 Å². The molecule has 1 aromatic heterocycles. The van der Waals surface area contributed by atoms with Crippen molar-refractivity contribution in [1.29, 1.82) is 0 Å². The molecule has 0 radical (unpaired) electrons. The van der Waals surface area contributed by atoms with Gasteiger partial charge >= 0.3 is 6.03 Å². The molecular weight excluding hydrogens is 402 g/mol. The second-order valence-corrected chi connectivity index (χ2v) is 8.98. The van der Waals surface area contributed by atoms with Crippen molar-refractivity contribution in [2.24, 2.45) is 0 Å². The molecule has 4 rings (SSSR count). The van der Waals surface area contributed by atoms with E-state index in [1.807, 2.05) is 60.0 Å². The molecule has 0 saturated carbocycles. The number of piperidine rings is 1. The van der Waals surface area contributed by atoms with E-state index < -0.39 is 0 Å². The molecule has 170 valence electrons. The number of carbonyl (C=O) groups excluding carboxylic acids is 2. The number of rotatable bonds is 4. The van der Waals surface area contributed by atoms with Crippen LogP contribution in [-0.4, -0.2) is 72.0 Å². The van der Waals surface area contributed by atoms with Crippen LogP contribution in [0.15, 0.2) is 48.7 Å². The Morgan fingerprint density at radius 2 is 1.81 bits per heavy atom. The maximum absolute atomic E-state index is 13.2. The summed E-state index contributed by atoms with van der Waals surface area (Å²) in [5, 5.41) is 2.99. The molecule has 1 aromatic carbocycles. The van der Waals surface area contributed by atoms with Crippen molar-refractivity contribution in [1.82, 2.24) is 20.1 Å². The van der Waals surface area contributed by atoms with E-state index in [9.17, 15) is 9.59 Å². The van der Waals surface area contributed by atoms with Gasteiger partial charge in [0.05, 0.1) is 0 Å². The minimum Gasteiger partial charge on any atom is -0.353 e. The van der Waals surface area contributed by atoms with Crippen LogP contribution in [0.25, 0.3) is 0 Å². The molecule has 2 fully saturated rings. The van der Waals surface area contributed by atoms with Crippen molar-refractivity contribution in [2.45, 2.75) is 38.6 Å². The van der Waals surface area contributed by atoms with E-state index in [0.29, 0.717) is 19.6 Å². The lowest BCUT2D eigenvalue weighted by Gasteiger charge is -2.36. The van der Waals surface area contributed by atoms with Crippen LogP contribution in [0.5, 0.6) is 0 Å². The van der Waals surface area contributed by atoms with Gasteiger partial charge in [-0.15, -0.1) is 0 Å². The Balaban J connectivity index is 1.38. The fourth-order valence-electron chi connectivity index (χ4n) is 4.56. The van der Waals surface area contributed by atoms with Crippen molar-refractivity contribution in [3.63, 3.8) is 0 Å². The fraction of sp³-hybridized carbons (Fsp3) is 0.480. The molecule has 3 heterocycles. The minimum absolute atomic E-state index is 0.00251.